The number of rotatable bonds is 2. The van der Waals surface area contributed by atoms with E-state index in [1.807, 2.05) is 0 Å². The minimum Gasteiger partial charge on any atom is -0.363 e. The first-order chi connectivity index (χ1) is 8.25. The molecule has 0 aromatic carbocycles. The van der Waals surface area contributed by atoms with E-state index in [-0.39, 0.29) is 11.9 Å². The van der Waals surface area contributed by atoms with Gasteiger partial charge in [-0.2, -0.15) is 0 Å². The Morgan fingerprint density at radius 3 is 2.65 bits per heavy atom. The SMILES string of the molecule is O=C(Nc1ccon1)C(=O)NC1CCCCC1. The van der Waals surface area contributed by atoms with Crippen LogP contribution in [0.1, 0.15) is 32.1 Å². The molecule has 2 rings (SSSR count). The molecule has 0 bridgehead atoms. The van der Waals surface area contributed by atoms with Crippen LogP contribution in [-0.4, -0.2) is 23.0 Å². The van der Waals surface area contributed by atoms with Crippen molar-refractivity contribution in [3.8, 4) is 0 Å². The van der Waals surface area contributed by atoms with Crippen LogP contribution in [0.25, 0.3) is 0 Å². The molecule has 0 unspecified atom stereocenters. The number of nitrogens with one attached hydrogen (secondary N) is 2. The van der Waals surface area contributed by atoms with Crippen LogP contribution in [0, 0.1) is 0 Å². The molecule has 0 spiro atoms. The molecule has 17 heavy (non-hydrogen) atoms. The molecule has 92 valence electrons. The summed E-state index contributed by atoms with van der Waals surface area (Å²) in [7, 11) is 0. The Morgan fingerprint density at radius 2 is 2.00 bits per heavy atom. The number of nitrogens with zero attached hydrogens (tertiary/aromatic N) is 1. The van der Waals surface area contributed by atoms with Crippen molar-refractivity contribution in [3.05, 3.63) is 12.3 Å². The second kappa shape index (κ2) is 5.47. The Bertz CT molecular complexity index is 383. The van der Waals surface area contributed by atoms with Crippen molar-refractivity contribution in [2.24, 2.45) is 0 Å². The van der Waals surface area contributed by atoms with Crippen molar-refractivity contribution in [2.75, 3.05) is 5.32 Å². The van der Waals surface area contributed by atoms with Crippen LogP contribution >= 0.6 is 0 Å². The molecule has 6 nitrogen and oxygen atoms in total. The predicted molar refractivity (Wildman–Crippen MR) is 60.1 cm³/mol. The maximum absolute atomic E-state index is 11.6. The van der Waals surface area contributed by atoms with Crippen LogP contribution in [0.2, 0.25) is 0 Å². The normalized spacial score (nSPS) is 16.5. The highest BCUT2D eigenvalue weighted by molar-refractivity contribution is 6.39. The Morgan fingerprint density at radius 1 is 1.24 bits per heavy atom. The summed E-state index contributed by atoms with van der Waals surface area (Å²) >= 11 is 0. The first-order valence-corrected chi connectivity index (χ1v) is 5.78. The van der Waals surface area contributed by atoms with Gasteiger partial charge < -0.3 is 9.84 Å². The molecule has 2 amide bonds. The number of hydrogen-bond acceptors (Lipinski definition) is 4. The second-order valence-corrected chi connectivity index (χ2v) is 4.15. The van der Waals surface area contributed by atoms with Crippen LogP contribution < -0.4 is 10.6 Å². The van der Waals surface area contributed by atoms with Crippen LogP contribution in [0.15, 0.2) is 16.9 Å². The van der Waals surface area contributed by atoms with Gasteiger partial charge in [0, 0.05) is 12.1 Å². The first-order valence-electron chi connectivity index (χ1n) is 5.78. The van der Waals surface area contributed by atoms with Crippen molar-refractivity contribution >= 4 is 17.6 Å². The van der Waals surface area contributed by atoms with Gasteiger partial charge in [-0.05, 0) is 12.8 Å². The summed E-state index contributed by atoms with van der Waals surface area (Å²) in [5, 5.41) is 8.58. The Hall–Kier alpha value is -1.85. The molecule has 1 aliphatic carbocycles. The van der Waals surface area contributed by atoms with Gasteiger partial charge in [-0.3, -0.25) is 14.9 Å². The van der Waals surface area contributed by atoms with Crippen LogP contribution in [0.4, 0.5) is 5.82 Å². The lowest BCUT2D eigenvalue weighted by molar-refractivity contribution is -0.136. The van der Waals surface area contributed by atoms with Gasteiger partial charge in [0.05, 0.1) is 0 Å². The highest BCUT2D eigenvalue weighted by Gasteiger charge is 2.20. The number of carbonyl (C=O) groups excluding carboxylic acids is 2. The quantitative estimate of drug-likeness (QED) is 0.753. The topological polar surface area (TPSA) is 84.2 Å². The summed E-state index contributed by atoms with van der Waals surface area (Å²) < 4.78 is 4.55. The maximum atomic E-state index is 11.6. The van der Waals surface area contributed by atoms with E-state index in [1.165, 1.54) is 18.8 Å². The number of hydrogen-bond donors (Lipinski definition) is 2. The van der Waals surface area contributed by atoms with Crippen LogP contribution in [0.3, 0.4) is 0 Å². The average molecular weight is 237 g/mol. The zero-order chi connectivity index (χ0) is 12.1. The summed E-state index contributed by atoms with van der Waals surface area (Å²) in [5.74, 6) is -1.07. The third-order valence-corrected chi connectivity index (χ3v) is 2.83. The molecule has 1 aromatic rings. The summed E-state index contributed by atoms with van der Waals surface area (Å²) in [6, 6.07) is 1.60. The largest absolute Gasteiger partial charge is 0.363 e. The van der Waals surface area contributed by atoms with Crippen molar-refractivity contribution in [3.63, 3.8) is 0 Å². The van der Waals surface area contributed by atoms with E-state index in [9.17, 15) is 9.59 Å². The Kier molecular flexibility index (Phi) is 3.74. The molecule has 0 radical (unpaired) electrons. The van der Waals surface area contributed by atoms with E-state index in [0.29, 0.717) is 0 Å². The lowest BCUT2D eigenvalue weighted by Gasteiger charge is -2.22. The Labute approximate surface area is 98.7 Å². The summed E-state index contributed by atoms with van der Waals surface area (Å²) in [5.41, 5.74) is 0. The van der Waals surface area contributed by atoms with Gasteiger partial charge in [-0.1, -0.05) is 24.4 Å². The van der Waals surface area contributed by atoms with E-state index in [4.69, 9.17) is 0 Å². The summed E-state index contributed by atoms with van der Waals surface area (Å²) in [6.07, 6.45) is 6.64. The standard InChI is InChI=1S/C11H15N3O3/c15-10(12-8-4-2-1-3-5-8)11(16)13-9-6-7-17-14-9/h6-8H,1-5H2,(H,12,15)(H,13,14,16). The Balaban J connectivity index is 1.80. The van der Waals surface area contributed by atoms with Gasteiger partial charge in [0.2, 0.25) is 0 Å². The molecular weight excluding hydrogens is 222 g/mol. The van der Waals surface area contributed by atoms with Gasteiger partial charge in [0.25, 0.3) is 0 Å². The molecule has 1 fully saturated rings. The lowest BCUT2D eigenvalue weighted by atomic mass is 9.95. The first kappa shape index (κ1) is 11.6. The minimum atomic E-state index is -0.704. The molecule has 0 saturated heterocycles. The lowest BCUT2D eigenvalue weighted by Crippen LogP contribution is -2.42. The van der Waals surface area contributed by atoms with E-state index in [0.717, 1.165) is 25.7 Å². The molecular formula is C11H15N3O3. The minimum absolute atomic E-state index is 0.124. The average Bonchev–Trinajstić information content (AvgIpc) is 2.83. The highest BCUT2D eigenvalue weighted by atomic mass is 16.5. The molecule has 1 heterocycles. The maximum Gasteiger partial charge on any atom is 0.314 e. The highest BCUT2D eigenvalue weighted by Crippen LogP contribution is 2.17. The van der Waals surface area contributed by atoms with Gasteiger partial charge in [-0.25, -0.2) is 0 Å². The summed E-state index contributed by atoms with van der Waals surface area (Å²) in [4.78, 5) is 23.0. The molecule has 0 atom stereocenters. The van der Waals surface area contributed by atoms with Crippen molar-refractivity contribution in [1.82, 2.24) is 10.5 Å². The zero-order valence-electron chi connectivity index (χ0n) is 9.44. The monoisotopic (exact) mass is 237 g/mol. The van der Waals surface area contributed by atoms with E-state index < -0.39 is 11.8 Å². The molecule has 1 saturated carbocycles. The van der Waals surface area contributed by atoms with Crippen molar-refractivity contribution < 1.29 is 14.1 Å². The van der Waals surface area contributed by atoms with Gasteiger partial charge >= 0.3 is 11.8 Å². The number of anilines is 1. The second-order valence-electron chi connectivity index (χ2n) is 4.15. The fourth-order valence-electron chi connectivity index (χ4n) is 1.95. The molecule has 6 heteroatoms. The molecule has 0 aliphatic heterocycles. The van der Waals surface area contributed by atoms with E-state index in [2.05, 4.69) is 20.3 Å². The molecule has 1 aliphatic rings. The smallest absolute Gasteiger partial charge is 0.314 e. The fraction of sp³-hybridized carbons (Fsp3) is 0.545. The van der Waals surface area contributed by atoms with Crippen LogP contribution in [0.5, 0.6) is 0 Å². The number of carbonyl (C=O) groups is 2. The third-order valence-electron chi connectivity index (χ3n) is 2.83. The molecule has 1 aromatic heterocycles. The third kappa shape index (κ3) is 3.30. The van der Waals surface area contributed by atoms with Crippen molar-refractivity contribution in [2.45, 2.75) is 38.1 Å². The van der Waals surface area contributed by atoms with E-state index in [1.54, 1.807) is 0 Å². The van der Waals surface area contributed by atoms with Gasteiger partial charge in [0.15, 0.2) is 5.82 Å². The fourth-order valence-corrected chi connectivity index (χ4v) is 1.95. The van der Waals surface area contributed by atoms with Gasteiger partial charge in [0.1, 0.15) is 6.26 Å². The molecule has 2 N–H and O–H groups in total. The number of aromatic nitrogens is 1. The van der Waals surface area contributed by atoms with E-state index >= 15 is 0 Å². The predicted octanol–water partition coefficient (Wildman–Crippen LogP) is 1.06. The van der Waals surface area contributed by atoms with Gasteiger partial charge in [-0.15, -0.1) is 0 Å². The van der Waals surface area contributed by atoms with Crippen molar-refractivity contribution in [1.29, 1.82) is 0 Å². The number of amides is 2. The zero-order valence-corrected chi connectivity index (χ0v) is 9.44. The van der Waals surface area contributed by atoms with Crippen LogP contribution in [-0.2, 0) is 9.59 Å². The summed E-state index contributed by atoms with van der Waals surface area (Å²) in [6.45, 7) is 0.